The van der Waals surface area contributed by atoms with Gasteiger partial charge in [-0.15, -0.1) is 0 Å². The summed E-state index contributed by atoms with van der Waals surface area (Å²) in [6, 6.07) is 0. The number of piperidine rings is 1. The molecule has 1 aliphatic rings. The van der Waals surface area contributed by atoms with Crippen molar-refractivity contribution in [2.75, 3.05) is 46.0 Å². The minimum atomic E-state index is 0.800. The van der Waals surface area contributed by atoms with Crippen LogP contribution in [-0.4, -0.2) is 55.8 Å². The number of nitrogens with zero attached hydrogens (tertiary/aromatic N) is 2. The summed E-state index contributed by atoms with van der Waals surface area (Å²) < 4.78 is 0. The van der Waals surface area contributed by atoms with Crippen LogP contribution in [0.2, 0.25) is 0 Å². The summed E-state index contributed by atoms with van der Waals surface area (Å²) in [5.41, 5.74) is 0. The summed E-state index contributed by atoms with van der Waals surface area (Å²) >= 11 is 4.48. The van der Waals surface area contributed by atoms with Gasteiger partial charge in [-0.05, 0) is 64.0 Å². The highest BCUT2D eigenvalue weighted by Crippen LogP contribution is 2.20. The Morgan fingerprint density at radius 2 is 1.94 bits per heavy atom. The lowest BCUT2D eigenvalue weighted by Gasteiger charge is -2.35. The molecule has 0 N–H and O–H groups in total. The number of rotatable bonds is 7. The van der Waals surface area contributed by atoms with Crippen LogP contribution < -0.4 is 0 Å². The molecule has 1 heterocycles. The summed E-state index contributed by atoms with van der Waals surface area (Å²) in [5.74, 6) is 2.77. The van der Waals surface area contributed by atoms with Crippen LogP contribution in [0.1, 0.15) is 32.6 Å². The molecule has 1 fully saturated rings. The van der Waals surface area contributed by atoms with E-state index in [1.165, 1.54) is 51.9 Å². The second kappa shape index (κ2) is 8.39. The second-order valence-electron chi connectivity index (χ2n) is 5.84. The first kappa shape index (κ1) is 15.3. The van der Waals surface area contributed by atoms with Crippen LogP contribution in [0.15, 0.2) is 0 Å². The van der Waals surface area contributed by atoms with Gasteiger partial charge in [0.25, 0.3) is 0 Å². The minimum Gasteiger partial charge on any atom is -0.309 e. The Kier molecular flexibility index (Phi) is 7.56. The molecule has 3 heteroatoms. The van der Waals surface area contributed by atoms with Gasteiger partial charge in [0, 0.05) is 13.1 Å². The largest absolute Gasteiger partial charge is 0.309 e. The molecule has 0 spiro atoms. The number of likely N-dealkylation sites (tertiary alicyclic amines) is 1. The molecule has 0 aliphatic carbocycles. The molecule has 0 bridgehead atoms. The average Bonchev–Trinajstić information content (AvgIpc) is 2.30. The van der Waals surface area contributed by atoms with Crippen molar-refractivity contribution in [2.24, 2.45) is 11.8 Å². The molecule has 1 rings (SSSR count). The molecule has 0 radical (unpaired) electrons. The highest BCUT2D eigenvalue weighted by molar-refractivity contribution is 7.80. The zero-order chi connectivity index (χ0) is 12.7. The fourth-order valence-electron chi connectivity index (χ4n) is 2.88. The van der Waals surface area contributed by atoms with E-state index in [0.717, 1.165) is 17.6 Å². The molecule has 0 aromatic carbocycles. The minimum absolute atomic E-state index is 0.800. The summed E-state index contributed by atoms with van der Waals surface area (Å²) in [6.07, 6.45) is 5.39. The van der Waals surface area contributed by atoms with Crippen molar-refractivity contribution in [1.82, 2.24) is 9.80 Å². The fraction of sp³-hybridized carbons (Fsp3) is 1.00. The normalized spacial score (nSPS) is 21.0. The van der Waals surface area contributed by atoms with E-state index in [2.05, 4.69) is 43.4 Å². The van der Waals surface area contributed by atoms with Crippen molar-refractivity contribution in [2.45, 2.75) is 32.6 Å². The lowest BCUT2D eigenvalue weighted by Crippen LogP contribution is -2.39. The molecule has 17 heavy (non-hydrogen) atoms. The molecular formula is C14H30N2S. The van der Waals surface area contributed by atoms with E-state index in [1.807, 2.05) is 0 Å². The van der Waals surface area contributed by atoms with Gasteiger partial charge in [-0.3, -0.25) is 0 Å². The van der Waals surface area contributed by atoms with Crippen LogP contribution in [0, 0.1) is 11.8 Å². The maximum absolute atomic E-state index is 4.48. The predicted molar refractivity (Wildman–Crippen MR) is 80.0 cm³/mol. The average molecular weight is 258 g/mol. The van der Waals surface area contributed by atoms with Crippen LogP contribution >= 0.6 is 12.6 Å². The fourth-order valence-corrected chi connectivity index (χ4v) is 3.18. The van der Waals surface area contributed by atoms with E-state index in [-0.39, 0.29) is 0 Å². The Hall–Kier alpha value is 0.270. The van der Waals surface area contributed by atoms with Crippen LogP contribution in [0.4, 0.5) is 0 Å². The third kappa shape index (κ3) is 6.12. The van der Waals surface area contributed by atoms with E-state index < -0.39 is 0 Å². The second-order valence-corrected chi connectivity index (χ2v) is 6.21. The number of hydrogen-bond acceptors (Lipinski definition) is 3. The summed E-state index contributed by atoms with van der Waals surface area (Å²) in [4.78, 5) is 4.98. The monoisotopic (exact) mass is 258 g/mol. The van der Waals surface area contributed by atoms with Gasteiger partial charge < -0.3 is 9.80 Å². The molecule has 1 atom stereocenters. The number of hydrogen-bond donors (Lipinski definition) is 1. The van der Waals surface area contributed by atoms with Crippen molar-refractivity contribution in [3.63, 3.8) is 0 Å². The van der Waals surface area contributed by atoms with E-state index >= 15 is 0 Å². The lowest BCUT2D eigenvalue weighted by molar-refractivity contribution is 0.146. The van der Waals surface area contributed by atoms with Gasteiger partial charge in [0.15, 0.2) is 0 Å². The maximum Gasteiger partial charge on any atom is 0.00175 e. The highest BCUT2D eigenvalue weighted by Gasteiger charge is 2.21. The lowest BCUT2D eigenvalue weighted by atomic mass is 9.95. The van der Waals surface area contributed by atoms with Crippen molar-refractivity contribution in [1.29, 1.82) is 0 Å². The van der Waals surface area contributed by atoms with Crippen molar-refractivity contribution < 1.29 is 0 Å². The maximum atomic E-state index is 4.48. The van der Waals surface area contributed by atoms with Gasteiger partial charge >= 0.3 is 0 Å². The zero-order valence-electron chi connectivity index (χ0n) is 11.9. The SMILES string of the molecule is CCCC(CS)CN1CCC(CN(C)C)CC1. The molecular weight excluding hydrogens is 228 g/mol. The first-order chi connectivity index (χ1) is 8.15. The molecule has 1 saturated heterocycles. The van der Waals surface area contributed by atoms with Gasteiger partial charge in [-0.1, -0.05) is 13.3 Å². The molecule has 0 aromatic heterocycles. The van der Waals surface area contributed by atoms with Crippen LogP contribution in [-0.2, 0) is 0 Å². The van der Waals surface area contributed by atoms with Gasteiger partial charge in [-0.25, -0.2) is 0 Å². The van der Waals surface area contributed by atoms with Crippen LogP contribution in [0.3, 0.4) is 0 Å². The molecule has 102 valence electrons. The quantitative estimate of drug-likeness (QED) is 0.701. The topological polar surface area (TPSA) is 6.48 Å². The van der Waals surface area contributed by atoms with E-state index in [0.29, 0.717) is 0 Å². The Labute approximate surface area is 113 Å². The Balaban J connectivity index is 2.22. The number of thiol groups is 1. The van der Waals surface area contributed by atoms with Gasteiger partial charge in [0.05, 0.1) is 0 Å². The summed E-state index contributed by atoms with van der Waals surface area (Å²) in [6.45, 7) is 7.41. The third-order valence-electron chi connectivity index (χ3n) is 3.80. The Morgan fingerprint density at radius 3 is 2.41 bits per heavy atom. The van der Waals surface area contributed by atoms with E-state index in [4.69, 9.17) is 0 Å². The van der Waals surface area contributed by atoms with Crippen LogP contribution in [0.5, 0.6) is 0 Å². The van der Waals surface area contributed by atoms with Crippen molar-refractivity contribution >= 4 is 12.6 Å². The standard InChI is InChI=1S/C14H30N2S/c1-4-5-14(12-17)11-16-8-6-13(7-9-16)10-15(2)3/h13-14,17H,4-12H2,1-3H3. The Morgan fingerprint density at radius 1 is 1.29 bits per heavy atom. The van der Waals surface area contributed by atoms with E-state index in [9.17, 15) is 0 Å². The van der Waals surface area contributed by atoms with Crippen molar-refractivity contribution in [3.05, 3.63) is 0 Å². The zero-order valence-corrected chi connectivity index (χ0v) is 12.8. The van der Waals surface area contributed by atoms with Gasteiger partial charge in [-0.2, -0.15) is 12.6 Å². The summed E-state index contributed by atoms with van der Waals surface area (Å²) in [5, 5.41) is 0. The van der Waals surface area contributed by atoms with Crippen molar-refractivity contribution in [3.8, 4) is 0 Å². The molecule has 0 amide bonds. The summed E-state index contributed by atoms with van der Waals surface area (Å²) in [7, 11) is 4.37. The predicted octanol–water partition coefficient (Wildman–Crippen LogP) is 2.61. The van der Waals surface area contributed by atoms with E-state index in [1.54, 1.807) is 0 Å². The first-order valence-electron chi connectivity index (χ1n) is 7.13. The first-order valence-corrected chi connectivity index (χ1v) is 7.76. The molecule has 1 aliphatic heterocycles. The molecule has 1 unspecified atom stereocenters. The van der Waals surface area contributed by atoms with Crippen LogP contribution in [0.25, 0.3) is 0 Å². The Bertz CT molecular complexity index is 189. The highest BCUT2D eigenvalue weighted by atomic mass is 32.1. The third-order valence-corrected chi connectivity index (χ3v) is 4.32. The molecule has 2 nitrogen and oxygen atoms in total. The van der Waals surface area contributed by atoms with Gasteiger partial charge in [0.1, 0.15) is 0 Å². The smallest absolute Gasteiger partial charge is 0.00175 e. The molecule has 0 aromatic rings. The van der Waals surface area contributed by atoms with Gasteiger partial charge in [0.2, 0.25) is 0 Å². The molecule has 0 saturated carbocycles.